The fraction of sp³-hybridized carbons (Fsp3) is 0.474. The molecule has 2 amide bonds. The van der Waals surface area contributed by atoms with Gasteiger partial charge >= 0.3 is 6.03 Å². The predicted molar refractivity (Wildman–Crippen MR) is 107 cm³/mol. The number of carbonyl (C=O) groups is 1. The van der Waals surface area contributed by atoms with E-state index in [-0.39, 0.29) is 22.9 Å². The van der Waals surface area contributed by atoms with E-state index in [1.807, 2.05) is 46.3 Å². The first-order valence-electron chi connectivity index (χ1n) is 9.14. The minimum Gasteiger partial charge on any atom is -0.307 e. The number of amides is 2. The summed E-state index contributed by atoms with van der Waals surface area (Å²) in [4.78, 5) is 12.4. The SMILES string of the molecule is CC(C)c1cc(F)cc(C(C)C)c1NC(=O)NS(=O)(=O)c1ccn(C(C)C)n1. The summed E-state index contributed by atoms with van der Waals surface area (Å²) < 4.78 is 42.4. The number of benzene rings is 1. The summed E-state index contributed by atoms with van der Waals surface area (Å²) >= 11 is 0. The number of carbonyl (C=O) groups excluding carboxylic acids is 1. The number of hydrogen-bond acceptors (Lipinski definition) is 4. The number of sulfonamides is 1. The van der Waals surface area contributed by atoms with Gasteiger partial charge in [-0.1, -0.05) is 27.7 Å². The lowest BCUT2D eigenvalue weighted by molar-refractivity contribution is 0.256. The Kier molecular flexibility index (Phi) is 6.48. The van der Waals surface area contributed by atoms with Gasteiger partial charge in [0.2, 0.25) is 0 Å². The molecule has 0 aliphatic rings. The molecule has 0 bridgehead atoms. The lowest BCUT2D eigenvalue weighted by Gasteiger charge is -2.20. The van der Waals surface area contributed by atoms with Crippen LogP contribution in [-0.4, -0.2) is 24.2 Å². The maximum absolute atomic E-state index is 14.0. The monoisotopic (exact) mass is 410 g/mol. The molecule has 0 aliphatic carbocycles. The molecule has 1 aromatic carbocycles. The Labute approximate surface area is 165 Å². The zero-order chi connectivity index (χ0) is 21.2. The normalized spacial score (nSPS) is 12.1. The molecular formula is C19H27FN4O3S. The van der Waals surface area contributed by atoms with Gasteiger partial charge in [-0.15, -0.1) is 0 Å². The molecule has 154 valence electrons. The van der Waals surface area contributed by atoms with Crippen molar-refractivity contribution < 1.29 is 17.6 Å². The van der Waals surface area contributed by atoms with Crippen LogP contribution in [0, 0.1) is 5.82 Å². The van der Waals surface area contributed by atoms with E-state index >= 15 is 0 Å². The van der Waals surface area contributed by atoms with E-state index in [1.54, 1.807) is 0 Å². The van der Waals surface area contributed by atoms with Crippen molar-refractivity contribution in [3.05, 3.63) is 41.3 Å². The van der Waals surface area contributed by atoms with E-state index in [1.165, 1.54) is 29.1 Å². The van der Waals surface area contributed by atoms with Gasteiger partial charge in [0.25, 0.3) is 10.0 Å². The summed E-state index contributed by atoms with van der Waals surface area (Å²) in [6.45, 7) is 11.2. The van der Waals surface area contributed by atoms with E-state index in [9.17, 15) is 17.6 Å². The Bertz CT molecular complexity index is 936. The second kappa shape index (κ2) is 8.30. The topological polar surface area (TPSA) is 93.1 Å². The highest BCUT2D eigenvalue weighted by Crippen LogP contribution is 2.33. The molecule has 9 heteroatoms. The maximum atomic E-state index is 14.0. The van der Waals surface area contributed by atoms with Crippen molar-refractivity contribution >= 4 is 21.7 Å². The van der Waals surface area contributed by atoms with Crippen molar-refractivity contribution in [1.82, 2.24) is 14.5 Å². The Morgan fingerprint density at radius 3 is 2.04 bits per heavy atom. The minimum atomic E-state index is -4.13. The van der Waals surface area contributed by atoms with Crippen molar-refractivity contribution in [2.24, 2.45) is 0 Å². The Morgan fingerprint density at radius 2 is 1.61 bits per heavy atom. The molecule has 2 rings (SSSR count). The zero-order valence-corrected chi connectivity index (χ0v) is 17.8. The fourth-order valence-electron chi connectivity index (χ4n) is 2.77. The molecule has 0 radical (unpaired) electrons. The van der Waals surface area contributed by atoms with Crippen LogP contribution in [0.1, 0.15) is 70.5 Å². The van der Waals surface area contributed by atoms with Crippen LogP contribution < -0.4 is 10.0 Å². The molecule has 1 aromatic heterocycles. The van der Waals surface area contributed by atoms with Crippen LogP contribution in [0.4, 0.5) is 14.9 Å². The number of aromatic nitrogens is 2. The maximum Gasteiger partial charge on any atom is 0.333 e. The van der Waals surface area contributed by atoms with Gasteiger partial charge < -0.3 is 5.32 Å². The Balaban J connectivity index is 2.31. The standard InChI is InChI=1S/C19H27FN4O3S/c1-11(2)15-9-14(20)10-16(12(3)4)18(15)21-19(25)23-28(26,27)17-7-8-24(22-17)13(5)6/h7-13H,1-6H3,(H2,21,23,25). The highest BCUT2D eigenvalue weighted by atomic mass is 32.2. The zero-order valence-electron chi connectivity index (χ0n) is 16.9. The van der Waals surface area contributed by atoms with Crippen LogP contribution in [0.2, 0.25) is 0 Å². The van der Waals surface area contributed by atoms with Crippen molar-refractivity contribution in [2.45, 2.75) is 64.4 Å². The molecule has 0 saturated heterocycles. The second-order valence-corrected chi connectivity index (χ2v) is 9.19. The quantitative estimate of drug-likeness (QED) is 0.740. The van der Waals surface area contributed by atoms with Gasteiger partial charge in [0, 0.05) is 17.9 Å². The molecule has 0 aliphatic heterocycles. The van der Waals surface area contributed by atoms with Crippen LogP contribution in [-0.2, 0) is 10.0 Å². The summed E-state index contributed by atoms with van der Waals surface area (Å²) in [5, 5.41) is 6.33. The lowest BCUT2D eigenvalue weighted by Crippen LogP contribution is -2.35. The molecule has 1 heterocycles. The molecule has 7 nitrogen and oxygen atoms in total. The number of anilines is 1. The number of urea groups is 1. The summed E-state index contributed by atoms with van der Waals surface area (Å²) in [5.74, 6) is -0.533. The summed E-state index contributed by atoms with van der Waals surface area (Å²) in [5.41, 5.74) is 1.62. The Hall–Kier alpha value is -2.42. The van der Waals surface area contributed by atoms with Crippen molar-refractivity contribution in [1.29, 1.82) is 0 Å². The predicted octanol–water partition coefficient (Wildman–Crippen LogP) is 4.36. The largest absolute Gasteiger partial charge is 0.333 e. The van der Waals surface area contributed by atoms with Crippen LogP contribution in [0.15, 0.2) is 29.4 Å². The lowest BCUT2D eigenvalue weighted by atomic mass is 9.92. The molecule has 2 aromatic rings. The number of nitrogens with zero attached hydrogens (tertiary/aromatic N) is 2. The van der Waals surface area contributed by atoms with Gasteiger partial charge in [-0.2, -0.15) is 13.5 Å². The van der Waals surface area contributed by atoms with Crippen molar-refractivity contribution in [2.75, 3.05) is 5.32 Å². The van der Waals surface area contributed by atoms with Crippen LogP contribution >= 0.6 is 0 Å². The van der Waals surface area contributed by atoms with Crippen LogP contribution in [0.3, 0.4) is 0 Å². The van der Waals surface area contributed by atoms with E-state index in [4.69, 9.17) is 0 Å². The fourth-order valence-corrected chi connectivity index (χ4v) is 3.61. The van der Waals surface area contributed by atoms with Gasteiger partial charge in [-0.05, 0) is 55.0 Å². The van der Waals surface area contributed by atoms with E-state index in [0.29, 0.717) is 16.8 Å². The number of nitrogens with one attached hydrogen (secondary N) is 2. The smallest absolute Gasteiger partial charge is 0.307 e. The van der Waals surface area contributed by atoms with Crippen LogP contribution in [0.5, 0.6) is 0 Å². The van der Waals surface area contributed by atoms with Gasteiger partial charge in [-0.3, -0.25) is 4.68 Å². The Morgan fingerprint density at radius 1 is 1.07 bits per heavy atom. The molecule has 2 N–H and O–H groups in total. The molecular weight excluding hydrogens is 383 g/mol. The highest BCUT2D eigenvalue weighted by Gasteiger charge is 2.23. The van der Waals surface area contributed by atoms with E-state index in [2.05, 4.69) is 10.4 Å². The molecule has 0 unspecified atom stereocenters. The first-order chi connectivity index (χ1) is 12.9. The van der Waals surface area contributed by atoms with Gasteiger partial charge in [0.1, 0.15) is 5.82 Å². The molecule has 28 heavy (non-hydrogen) atoms. The number of halogens is 1. The molecule has 0 spiro atoms. The second-order valence-electron chi connectivity index (χ2n) is 7.56. The van der Waals surface area contributed by atoms with E-state index < -0.39 is 21.9 Å². The third-order valence-corrected chi connectivity index (χ3v) is 5.48. The molecule has 0 saturated carbocycles. The van der Waals surface area contributed by atoms with Gasteiger partial charge in [-0.25, -0.2) is 13.9 Å². The van der Waals surface area contributed by atoms with Crippen molar-refractivity contribution in [3.8, 4) is 0 Å². The third kappa shape index (κ3) is 4.89. The van der Waals surface area contributed by atoms with E-state index in [0.717, 1.165) is 0 Å². The average Bonchev–Trinajstić information content (AvgIpc) is 3.06. The average molecular weight is 411 g/mol. The third-order valence-electron chi connectivity index (χ3n) is 4.26. The van der Waals surface area contributed by atoms with Gasteiger partial charge in [0.15, 0.2) is 5.03 Å². The molecule has 0 atom stereocenters. The number of hydrogen-bond donors (Lipinski definition) is 2. The van der Waals surface area contributed by atoms with Crippen LogP contribution in [0.25, 0.3) is 0 Å². The summed E-state index contributed by atoms with van der Waals surface area (Å²) in [6, 6.07) is 3.09. The highest BCUT2D eigenvalue weighted by molar-refractivity contribution is 7.90. The first-order valence-corrected chi connectivity index (χ1v) is 10.6. The minimum absolute atomic E-state index is 0.0146. The molecule has 0 fully saturated rings. The van der Waals surface area contributed by atoms with Gasteiger partial charge in [0.05, 0.1) is 0 Å². The summed E-state index contributed by atoms with van der Waals surface area (Å²) in [6.07, 6.45) is 1.53. The first kappa shape index (κ1) is 21.9. The van der Waals surface area contributed by atoms with Crippen molar-refractivity contribution in [3.63, 3.8) is 0 Å². The number of rotatable bonds is 6. The summed E-state index contributed by atoms with van der Waals surface area (Å²) in [7, 11) is -4.13.